The maximum Gasteiger partial charge on any atom is 0.0471 e. The lowest BCUT2D eigenvalue weighted by molar-refractivity contribution is 0.299. The Morgan fingerprint density at radius 1 is 1.38 bits per heavy atom. The summed E-state index contributed by atoms with van der Waals surface area (Å²) in [5.41, 5.74) is 4.38. The van der Waals surface area contributed by atoms with Crippen molar-refractivity contribution < 1.29 is 5.11 Å². The average molecular weight is 218 g/mol. The van der Waals surface area contributed by atoms with Gasteiger partial charge in [0.1, 0.15) is 0 Å². The minimum absolute atomic E-state index is 0.258. The summed E-state index contributed by atoms with van der Waals surface area (Å²) < 4.78 is 0. The minimum atomic E-state index is 0.258. The first-order valence-electron chi connectivity index (χ1n) is 6.43. The van der Waals surface area contributed by atoms with Crippen molar-refractivity contribution in [3.8, 4) is 0 Å². The summed E-state index contributed by atoms with van der Waals surface area (Å²) in [6.45, 7) is 4.86. The van der Waals surface area contributed by atoms with E-state index in [1.165, 1.54) is 30.4 Å². The van der Waals surface area contributed by atoms with Crippen LogP contribution in [0.1, 0.15) is 49.3 Å². The zero-order chi connectivity index (χ0) is 11.5. The van der Waals surface area contributed by atoms with Crippen LogP contribution in [0.4, 0.5) is 0 Å². The van der Waals surface area contributed by atoms with Crippen LogP contribution in [0, 0.1) is 5.92 Å². The van der Waals surface area contributed by atoms with Crippen molar-refractivity contribution in [2.75, 3.05) is 6.61 Å². The average Bonchev–Trinajstić information content (AvgIpc) is 2.61. The predicted molar refractivity (Wildman–Crippen MR) is 67.7 cm³/mol. The van der Waals surface area contributed by atoms with Gasteiger partial charge in [-0.2, -0.15) is 0 Å². The van der Waals surface area contributed by atoms with Gasteiger partial charge < -0.3 is 5.11 Å². The first-order chi connectivity index (χ1) is 7.70. The van der Waals surface area contributed by atoms with Gasteiger partial charge in [0.15, 0.2) is 0 Å². The highest BCUT2D eigenvalue weighted by Gasteiger charge is 2.23. The Balaban J connectivity index is 2.19. The Hall–Kier alpha value is -0.820. The lowest BCUT2D eigenvalue weighted by Gasteiger charge is -2.15. The number of aliphatic hydroxyl groups is 1. The van der Waals surface area contributed by atoms with Gasteiger partial charge in [0.25, 0.3) is 0 Å². The molecule has 0 saturated heterocycles. The number of fused-ring (bicyclic) bond motifs is 1. The molecule has 1 unspecified atom stereocenters. The standard InChI is InChI=1S/C15H22O/c1-11(2)9-14-6-5-13-4-3-12(7-8-16)10-15(13)14/h3-4,10-11,14,16H,5-9H2,1-2H3. The molecule has 1 N–H and O–H groups in total. The molecule has 0 saturated carbocycles. The summed E-state index contributed by atoms with van der Waals surface area (Å²) in [6.07, 6.45) is 4.65. The van der Waals surface area contributed by atoms with E-state index < -0.39 is 0 Å². The Labute approximate surface area is 98.5 Å². The van der Waals surface area contributed by atoms with Crippen LogP contribution in [0.2, 0.25) is 0 Å². The summed E-state index contributed by atoms with van der Waals surface area (Å²) >= 11 is 0. The van der Waals surface area contributed by atoms with Crippen LogP contribution >= 0.6 is 0 Å². The van der Waals surface area contributed by atoms with Gasteiger partial charge in [-0.3, -0.25) is 0 Å². The molecule has 0 fully saturated rings. The Bertz CT molecular complexity index is 354. The number of hydrogen-bond acceptors (Lipinski definition) is 1. The fourth-order valence-corrected chi connectivity index (χ4v) is 2.84. The number of benzene rings is 1. The molecule has 1 aliphatic carbocycles. The van der Waals surface area contributed by atoms with Crippen molar-refractivity contribution in [1.82, 2.24) is 0 Å². The molecule has 0 aliphatic heterocycles. The highest BCUT2D eigenvalue weighted by atomic mass is 16.2. The van der Waals surface area contributed by atoms with E-state index in [1.54, 1.807) is 5.56 Å². The quantitative estimate of drug-likeness (QED) is 0.822. The van der Waals surface area contributed by atoms with Crippen molar-refractivity contribution in [2.45, 2.75) is 45.4 Å². The van der Waals surface area contributed by atoms with Crippen LogP contribution in [0.15, 0.2) is 18.2 Å². The monoisotopic (exact) mass is 218 g/mol. The van der Waals surface area contributed by atoms with Gasteiger partial charge in [-0.05, 0) is 54.2 Å². The van der Waals surface area contributed by atoms with Crippen molar-refractivity contribution in [1.29, 1.82) is 0 Å². The van der Waals surface area contributed by atoms with E-state index in [4.69, 9.17) is 5.11 Å². The smallest absolute Gasteiger partial charge is 0.0471 e. The van der Waals surface area contributed by atoms with E-state index >= 15 is 0 Å². The lowest BCUT2D eigenvalue weighted by atomic mass is 9.91. The molecule has 0 heterocycles. The van der Waals surface area contributed by atoms with Crippen LogP contribution in [-0.4, -0.2) is 11.7 Å². The molecule has 1 atom stereocenters. The first kappa shape index (κ1) is 11.7. The fourth-order valence-electron chi connectivity index (χ4n) is 2.84. The van der Waals surface area contributed by atoms with Crippen LogP contribution in [0.5, 0.6) is 0 Å². The van der Waals surface area contributed by atoms with E-state index in [9.17, 15) is 0 Å². The molecule has 0 radical (unpaired) electrons. The zero-order valence-electron chi connectivity index (χ0n) is 10.4. The molecule has 0 spiro atoms. The normalized spacial score (nSPS) is 19.1. The van der Waals surface area contributed by atoms with Crippen molar-refractivity contribution in [3.05, 3.63) is 34.9 Å². The molecular weight excluding hydrogens is 196 g/mol. The predicted octanol–water partition coefficient (Wildman–Crippen LogP) is 3.30. The lowest BCUT2D eigenvalue weighted by Crippen LogP contribution is -2.00. The first-order valence-corrected chi connectivity index (χ1v) is 6.43. The number of hydrogen-bond donors (Lipinski definition) is 1. The molecular formula is C15H22O. The van der Waals surface area contributed by atoms with Gasteiger partial charge in [0, 0.05) is 6.61 Å². The largest absolute Gasteiger partial charge is 0.396 e. The molecule has 0 bridgehead atoms. The third kappa shape index (κ3) is 2.46. The molecule has 1 aliphatic rings. The maximum atomic E-state index is 8.98. The highest BCUT2D eigenvalue weighted by molar-refractivity contribution is 5.38. The molecule has 1 heteroatoms. The van der Waals surface area contributed by atoms with Crippen LogP contribution in [-0.2, 0) is 12.8 Å². The number of rotatable bonds is 4. The number of aliphatic hydroxyl groups excluding tert-OH is 1. The second kappa shape index (κ2) is 5.01. The fraction of sp³-hybridized carbons (Fsp3) is 0.600. The molecule has 0 amide bonds. The SMILES string of the molecule is CC(C)CC1CCc2ccc(CCO)cc21. The molecule has 16 heavy (non-hydrogen) atoms. The van der Waals surface area contributed by atoms with Crippen LogP contribution < -0.4 is 0 Å². The van der Waals surface area contributed by atoms with E-state index in [0.29, 0.717) is 0 Å². The zero-order valence-corrected chi connectivity index (χ0v) is 10.4. The molecule has 2 rings (SSSR count). The third-order valence-electron chi connectivity index (χ3n) is 3.57. The second-order valence-electron chi connectivity index (χ2n) is 5.37. The molecule has 1 nitrogen and oxygen atoms in total. The van der Waals surface area contributed by atoms with Gasteiger partial charge in [-0.25, -0.2) is 0 Å². The molecule has 1 aromatic rings. The van der Waals surface area contributed by atoms with Crippen molar-refractivity contribution >= 4 is 0 Å². The minimum Gasteiger partial charge on any atom is -0.396 e. The second-order valence-corrected chi connectivity index (χ2v) is 5.37. The topological polar surface area (TPSA) is 20.2 Å². The molecule has 88 valence electrons. The molecule has 1 aromatic carbocycles. The molecule has 0 aromatic heterocycles. The van der Waals surface area contributed by atoms with E-state index in [0.717, 1.165) is 18.3 Å². The van der Waals surface area contributed by atoms with Crippen molar-refractivity contribution in [2.24, 2.45) is 5.92 Å². The summed E-state index contributed by atoms with van der Waals surface area (Å²) in [5.74, 6) is 1.53. The van der Waals surface area contributed by atoms with E-state index in [2.05, 4.69) is 32.0 Å². The van der Waals surface area contributed by atoms with Gasteiger partial charge in [0.05, 0.1) is 0 Å². The van der Waals surface area contributed by atoms with Crippen LogP contribution in [0.3, 0.4) is 0 Å². The Morgan fingerprint density at radius 3 is 2.88 bits per heavy atom. The van der Waals surface area contributed by atoms with Gasteiger partial charge >= 0.3 is 0 Å². The van der Waals surface area contributed by atoms with Crippen molar-refractivity contribution in [3.63, 3.8) is 0 Å². The Morgan fingerprint density at radius 2 is 2.19 bits per heavy atom. The summed E-state index contributed by atoms with van der Waals surface area (Å²) in [7, 11) is 0. The summed E-state index contributed by atoms with van der Waals surface area (Å²) in [5, 5.41) is 8.98. The number of aryl methyl sites for hydroxylation is 1. The third-order valence-corrected chi connectivity index (χ3v) is 3.57. The van der Waals surface area contributed by atoms with E-state index in [1.807, 2.05) is 0 Å². The van der Waals surface area contributed by atoms with Gasteiger partial charge in [-0.1, -0.05) is 32.0 Å². The Kier molecular flexibility index (Phi) is 3.65. The highest BCUT2D eigenvalue weighted by Crippen LogP contribution is 2.37. The van der Waals surface area contributed by atoms with Gasteiger partial charge in [-0.15, -0.1) is 0 Å². The maximum absolute atomic E-state index is 8.98. The van der Waals surface area contributed by atoms with E-state index in [-0.39, 0.29) is 6.61 Å². The van der Waals surface area contributed by atoms with Crippen LogP contribution in [0.25, 0.3) is 0 Å². The summed E-state index contributed by atoms with van der Waals surface area (Å²) in [6, 6.07) is 6.76. The van der Waals surface area contributed by atoms with Gasteiger partial charge in [0.2, 0.25) is 0 Å². The summed E-state index contributed by atoms with van der Waals surface area (Å²) in [4.78, 5) is 0.